The van der Waals surface area contributed by atoms with Crippen molar-refractivity contribution >= 4 is 53.9 Å². The van der Waals surface area contributed by atoms with Crippen LogP contribution in [-0.2, 0) is 20.9 Å². The lowest BCUT2D eigenvalue weighted by Gasteiger charge is -2.27. The lowest BCUT2D eigenvalue weighted by Crippen LogP contribution is -2.46. The second-order valence-electron chi connectivity index (χ2n) is 9.11. The summed E-state index contributed by atoms with van der Waals surface area (Å²) in [5.74, 6) is -0.306. The molecule has 0 bridgehead atoms. The first-order chi connectivity index (χ1) is 16.0. The minimum atomic E-state index is -1.15. The molecule has 2 heterocycles. The maximum atomic E-state index is 12.9. The Hall–Kier alpha value is -2.88. The molecule has 3 amide bonds. The number of rotatable bonds is 9. The van der Waals surface area contributed by atoms with Gasteiger partial charge in [-0.2, -0.15) is 0 Å². The van der Waals surface area contributed by atoms with Crippen molar-refractivity contribution in [3.8, 4) is 5.75 Å². The van der Waals surface area contributed by atoms with Gasteiger partial charge in [0.2, 0.25) is 17.7 Å². The smallest absolute Gasteiger partial charge is 0.241 e. The van der Waals surface area contributed by atoms with E-state index in [0.29, 0.717) is 43.2 Å². The molecule has 0 spiro atoms. The van der Waals surface area contributed by atoms with Gasteiger partial charge in [-0.3, -0.25) is 24.3 Å². The molecule has 11 heteroatoms. The standard InChI is InChI=1S/C25H33N5O4.2ClH/c1-17(22(26)31)30(16-18-9-11-27-12-10-18)13-6-14-34-19-7-8-20-21(15-19)29(5)24(33)25(2,3)23(32)28(20)4;;/h7-12,15,17H,6,13-14,16H2,1-5H3,(H2,26,31);2*1H. The van der Waals surface area contributed by atoms with Gasteiger partial charge in [0.15, 0.2) is 0 Å². The molecule has 9 nitrogen and oxygen atoms in total. The van der Waals surface area contributed by atoms with Gasteiger partial charge in [-0.15, -0.1) is 24.8 Å². The zero-order chi connectivity index (χ0) is 25.0. The van der Waals surface area contributed by atoms with Gasteiger partial charge in [-0.25, -0.2) is 0 Å². The molecule has 36 heavy (non-hydrogen) atoms. The Morgan fingerprint density at radius 1 is 1.06 bits per heavy atom. The molecule has 0 fully saturated rings. The molecule has 2 N–H and O–H groups in total. The number of nitrogens with two attached hydrogens (primary N) is 1. The second-order valence-corrected chi connectivity index (χ2v) is 9.11. The predicted octanol–water partition coefficient (Wildman–Crippen LogP) is 3.04. The minimum absolute atomic E-state index is 0. The van der Waals surface area contributed by atoms with Crippen LogP contribution in [0.25, 0.3) is 0 Å². The molecule has 1 unspecified atom stereocenters. The Labute approximate surface area is 224 Å². The maximum absolute atomic E-state index is 12.9. The zero-order valence-electron chi connectivity index (χ0n) is 21.3. The van der Waals surface area contributed by atoms with Crippen LogP contribution in [0.3, 0.4) is 0 Å². The second kappa shape index (κ2) is 12.9. The molecule has 1 atom stereocenters. The van der Waals surface area contributed by atoms with Crippen LogP contribution in [-0.4, -0.2) is 60.9 Å². The van der Waals surface area contributed by atoms with Crippen molar-refractivity contribution in [2.45, 2.75) is 39.8 Å². The number of pyridine rings is 1. The first-order valence-corrected chi connectivity index (χ1v) is 11.3. The van der Waals surface area contributed by atoms with Crippen LogP contribution in [0.4, 0.5) is 11.4 Å². The van der Waals surface area contributed by atoms with E-state index >= 15 is 0 Å². The van der Waals surface area contributed by atoms with Crippen LogP contribution >= 0.6 is 24.8 Å². The summed E-state index contributed by atoms with van der Waals surface area (Å²) < 4.78 is 5.96. The summed E-state index contributed by atoms with van der Waals surface area (Å²) in [7, 11) is 3.34. The highest BCUT2D eigenvalue weighted by atomic mass is 35.5. The van der Waals surface area contributed by atoms with Crippen molar-refractivity contribution in [2.24, 2.45) is 11.1 Å². The molecule has 0 saturated carbocycles. The number of carbonyl (C=O) groups excluding carboxylic acids is 3. The van der Waals surface area contributed by atoms with Crippen LogP contribution in [0.5, 0.6) is 5.75 Å². The van der Waals surface area contributed by atoms with Gasteiger partial charge >= 0.3 is 0 Å². The van der Waals surface area contributed by atoms with E-state index in [-0.39, 0.29) is 42.5 Å². The van der Waals surface area contributed by atoms with E-state index in [0.717, 1.165) is 5.56 Å². The molecule has 1 aromatic heterocycles. The number of hydrogen-bond acceptors (Lipinski definition) is 6. The number of hydrogen-bond donors (Lipinski definition) is 1. The summed E-state index contributed by atoms with van der Waals surface area (Å²) >= 11 is 0. The van der Waals surface area contributed by atoms with Gasteiger partial charge < -0.3 is 20.3 Å². The predicted molar refractivity (Wildman–Crippen MR) is 145 cm³/mol. The molecule has 1 aromatic carbocycles. The quantitative estimate of drug-likeness (QED) is 0.387. The summed E-state index contributed by atoms with van der Waals surface area (Å²) in [4.78, 5) is 46.5. The minimum Gasteiger partial charge on any atom is -0.493 e. The average molecular weight is 540 g/mol. The van der Waals surface area contributed by atoms with Crippen molar-refractivity contribution in [3.05, 3.63) is 48.3 Å². The number of benzene rings is 1. The molecular formula is C25H35Cl2N5O4. The van der Waals surface area contributed by atoms with E-state index in [4.69, 9.17) is 10.5 Å². The molecule has 1 aliphatic heterocycles. The van der Waals surface area contributed by atoms with Gasteiger partial charge in [0.05, 0.1) is 24.0 Å². The van der Waals surface area contributed by atoms with E-state index in [9.17, 15) is 14.4 Å². The molecular weight excluding hydrogens is 505 g/mol. The molecule has 0 aliphatic carbocycles. The summed E-state index contributed by atoms with van der Waals surface area (Å²) in [5.41, 5.74) is 6.70. The number of anilines is 2. The van der Waals surface area contributed by atoms with Crippen LogP contribution in [0.1, 0.15) is 32.8 Å². The van der Waals surface area contributed by atoms with Crippen molar-refractivity contribution < 1.29 is 19.1 Å². The van der Waals surface area contributed by atoms with Crippen LogP contribution < -0.4 is 20.3 Å². The number of carbonyl (C=O) groups is 3. The largest absolute Gasteiger partial charge is 0.493 e. The number of primary amides is 1. The Kier molecular flexibility index (Phi) is 11.2. The number of ether oxygens (including phenoxy) is 1. The van der Waals surface area contributed by atoms with Gasteiger partial charge in [0.25, 0.3) is 0 Å². The Balaban J connectivity index is 0.00000324. The number of nitrogens with zero attached hydrogens (tertiary/aromatic N) is 4. The lowest BCUT2D eigenvalue weighted by molar-refractivity contribution is -0.137. The fraction of sp³-hybridized carbons (Fsp3) is 0.440. The van der Waals surface area contributed by atoms with Crippen LogP contribution in [0.2, 0.25) is 0 Å². The first kappa shape index (κ1) is 31.2. The van der Waals surface area contributed by atoms with Crippen LogP contribution in [0, 0.1) is 5.41 Å². The highest BCUT2D eigenvalue weighted by molar-refractivity contribution is 6.19. The third-order valence-corrected chi connectivity index (χ3v) is 6.30. The van der Waals surface area contributed by atoms with Crippen LogP contribution in [0.15, 0.2) is 42.7 Å². The summed E-state index contributed by atoms with van der Waals surface area (Å²) in [6, 6.07) is 8.76. The SMILES string of the molecule is CC(C(N)=O)N(CCCOc1ccc2c(c1)N(C)C(=O)C(C)(C)C(=O)N2C)Cc1ccncc1.Cl.Cl. The topological polar surface area (TPSA) is 109 Å². The van der Waals surface area contributed by atoms with E-state index < -0.39 is 11.5 Å². The molecule has 0 radical (unpaired) electrons. The fourth-order valence-corrected chi connectivity index (χ4v) is 4.06. The third-order valence-electron chi connectivity index (χ3n) is 6.30. The zero-order valence-corrected chi connectivity index (χ0v) is 22.9. The third kappa shape index (κ3) is 6.66. The molecule has 2 aromatic rings. The Morgan fingerprint density at radius 3 is 2.22 bits per heavy atom. The van der Waals surface area contributed by atoms with E-state index in [1.807, 2.05) is 17.0 Å². The lowest BCUT2D eigenvalue weighted by atomic mass is 9.90. The summed E-state index contributed by atoms with van der Waals surface area (Å²) in [6.07, 6.45) is 4.11. The Bertz CT molecular complexity index is 1070. The van der Waals surface area contributed by atoms with Gasteiger partial charge in [0, 0.05) is 45.6 Å². The number of aromatic nitrogens is 1. The monoisotopic (exact) mass is 539 g/mol. The normalized spacial score (nSPS) is 15.4. The van der Waals surface area contributed by atoms with Crippen molar-refractivity contribution in [1.29, 1.82) is 0 Å². The number of amides is 3. The molecule has 0 saturated heterocycles. The van der Waals surface area contributed by atoms with Gasteiger partial charge in [-0.05, 0) is 57.0 Å². The van der Waals surface area contributed by atoms with E-state index in [1.54, 1.807) is 65.5 Å². The van der Waals surface area contributed by atoms with E-state index in [2.05, 4.69) is 4.98 Å². The molecule has 3 rings (SSSR count). The number of fused-ring (bicyclic) bond motifs is 1. The van der Waals surface area contributed by atoms with Crippen molar-refractivity contribution in [2.75, 3.05) is 37.0 Å². The van der Waals surface area contributed by atoms with Crippen molar-refractivity contribution in [3.63, 3.8) is 0 Å². The highest BCUT2D eigenvalue weighted by Crippen LogP contribution is 2.39. The Morgan fingerprint density at radius 2 is 1.64 bits per heavy atom. The maximum Gasteiger partial charge on any atom is 0.241 e. The average Bonchev–Trinajstić information content (AvgIpc) is 2.87. The number of halogens is 2. The molecule has 1 aliphatic rings. The summed E-state index contributed by atoms with van der Waals surface area (Å²) in [6.45, 7) is 6.67. The highest BCUT2D eigenvalue weighted by Gasteiger charge is 2.44. The molecule has 198 valence electrons. The van der Waals surface area contributed by atoms with E-state index in [1.165, 1.54) is 9.80 Å². The fourth-order valence-electron chi connectivity index (χ4n) is 4.06. The van der Waals surface area contributed by atoms with Crippen molar-refractivity contribution in [1.82, 2.24) is 9.88 Å². The van der Waals surface area contributed by atoms with Gasteiger partial charge in [0.1, 0.15) is 11.2 Å². The first-order valence-electron chi connectivity index (χ1n) is 11.3. The summed E-state index contributed by atoms with van der Waals surface area (Å²) in [5, 5.41) is 0. The van der Waals surface area contributed by atoms with Gasteiger partial charge in [-0.1, -0.05) is 0 Å².